The third kappa shape index (κ3) is 2.26. The first-order chi connectivity index (χ1) is 9.25. The Labute approximate surface area is 111 Å². The highest BCUT2D eigenvalue weighted by atomic mass is 19.1. The molecule has 2 heterocycles. The normalized spacial score (nSPS) is 14.9. The minimum atomic E-state index is -0.376. The third-order valence-electron chi connectivity index (χ3n) is 3.46. The van der Waals surface area contributed by atoms with Crippen LogP contribution in [0.3, 0.4) is 0 Å². The molecule has 0 aliphatic carbocycles. The Morgan fingerprint density at radius 2 is 1.79 bits per heavy atom. The fourth-order valence-corrected chi connectivity index (χ4v) is 2.49. The first kappa shape index (κ1) is 12.0. The monoisotopic (exact) mass is 258 g/mol. The topological polar surface area (TPSA) is 25.2 Å². The molecule has 19 heavy (non-hydrogen) atoms. The Hall–Kier alpha value is -2.10. The second-order valence-corrected chi connectivity index (χ2v) is 4.75. The van der Waals surface area contributed by atoms with Gasteiger partial charge >= 0.3 is 0 Å². The van der Waals surface area contributed by atoms with Crippen molar-refractivity contribution in [3.8, 4) is 5.69 Å². The lowest BCUT2D eigenvalue weighted by Crippen LogP contribution is -2.28. The zero-order chi connectivity index (χ0) is 13.2. The van der Waals surface area contributed by atoms with Crippen LogP contribution in [0.15, 0.2) is 42.7 Å². The van der Waals surface area contributed by atoms with Crippen LogP contribution in [0.1, 0.15) is 23.2 Å². The number of rotatable bonds is 2. The summed E-state index contributed by atoms with van der Waals surface area (Å²) in [5, 5.41) is 0. The molecule has 0 bridgehead atoms. The second-order valence-electron chi connectivity index (χ2n) is 4.75. The maximum absolute atomic E-state index is 13.5. The number of hydrogen-bond donors (Lipinski definition) is 0. The van der Waals surface area contributed by atoms with E-state index in [-0.39, 0.29) is 11.7 Å². The van der Waals surface area contributed by atoms with Gasteiger partial charge in [0.25, 0.3) is 5.91 Å². The quantitative estimate of drug-likeness (QED) is 0.813. The molecule has 1 aromatic carbocycles. The lowest BCUT2D eigenvalue weighted by molar-refractivity contribution is 0.0792. The van der Waals surface area contributed by atoms with Gasteiger partial charge in [-0.25, -0.2) is 4.39 Å². The summed E-state index contributed by atoms with van der Waals surface area (Å²) in [6, 6.07) is 8.13. The van der Waals surface area contributed by atoms with Crippen molar-refractivity contribution < 1.29 is 9.18 Å². The van der Waals surface area contributed by atoms with Crippen LogP contribution in [-0.2, 0) is 0 Å². The van der Waals surface area contributed by atoms with Gasteiger partial charge in [0.2, 0.25) is 0 Å². The summed E-state index contributed by atoms with van der Waals surface area (Å²) in [6.07, 6.45) is 5.77. The molecule has 1 aliphatic rings. The lowest BCUT2D eigenvalue weighted by Gasteiger charge is -2.18. The molecular weight excluding hydrogens is 243 g/mol. The molecule has 2 aromatic rings. The number of amides is 1. The summed E-state index contributed by atoms with van der Waals surface area (Å²) in [6.45, 7) is 1.53. The van der Waals surface area contributed by atoms with Crippen molar-refractivity contribution in [3.63, 3.8) is 0 Å². The van der Waals surface area contributed by atoms with Crippen LogP contribution < -0.4 is 0 Å². The first-order valence-corrected chi connectivity index (χ1v) is 6.48. The van der Waals surface area contributed by atoms with Crippen LogP contribution in [0.2, 0.25) is 0 Å². The molecular formula is C15H15FN2O. The van der Waals surface area contributed by atoms with Gasteiger partial charge in [0.15, 0.2) is 0 Å². The largest absolute Gasteiger partial charge is 0.339 e. The van der Waals surface area contributed by atoms with Crippen molar-refractivity contribution in [1.29, 1.82) is 0 Å². The molecule has 4 heteroatoms. The number of hydrogen-bond acceptors (Lipinski definition) is 1. The van der Waals surface area contributed by atoms with Crippen LogP contribution in [0, 0.1) is 5.82 Å². The number of carbonyl (C=O) groups excluding carboxylic acids is 1. The van der Waals surface area contributed by atoms with E-state index in [1.807, 2.05) is 29.1 Å². The number of carbonyl (C=O) groups is 1. The van der Waals surface area contributed by atoms with Gasteiger partial charge in [-0.15, -0.1) is 0 Å². The molecule has 0 radical (unpaired) electrons. The van der Waals surface area contributed by atoms with E-state index in [9.17, 15) is 9.18 Å². The fraction of sp³-hybridized carbons (Fsp3) is 0.267. The van der Waals surface area contributed by atoms with Gasteiger partial charge in [-0.2, -0.15) is 0 Å². The highest BCUT2D eigenvalue weighted by molar-refractivity contribution is 5.98. The number of aromatic nitrogens is 1. The van der Waals surface area contributed by atoms with Crippen LogP contribution in [0.4, 0.5) is 4.39 Å². The Bertz CT molecular complexity index is 586. The summed E-state index contributed by atoms with van der Waals surface area (Å²) in [5.74, 6) is -0.459. The Morgan fingerprint density at radius 3 is 2.47 bits per heavy atom. The molecule has 1 saturated heterocycles. The van der Waals surface area contributed by atoms with Crippen molar-refractivity contribution in [2.24, 2.45) is 0 Å². The summed E-state index contributed by atoms with van der Waals surface area (Å²) >= 11 is 0. The maximum atomic E-state index is 13.5. The second kappa shape index (κ2) is 4.88. The highest BCUT2D eigenvalue weighted by Crippen LogP contribution is 2.20. The SMILES string of the molecule is O=C(c1cc(F)ccc1-n1cccc1)N1CCCC1. The van der Waals surface area contributed by atoms with Gasteiger partial charge in [-0.3, -0.25) is 4.79 Å². The van der Waals surface area contributed by atoms with Crippen molar-refractivity contribution in [2.45, 2.75) is 12.8 Å². The number of halogens is 1. The zero-order valence-corrected chi connectivity index (χ0v) is 10.6. The molecule has 3 nitrogen and oxygen atoms in total. The standard InChI is InChI=1S/C15H15FN2O/c16-12-5-6-14(17-7-1-2-8-17)13(11-12)15(19)18-9-3-4-10-18/h1-2,5-8,11H,3-4,9-10H2. The number of benzene rings is 1. The Balaban J connectivity index is 2.03. The predicted molar refractivity (Wildman–Crippen MR) is 70.9 cm³/mol. The molecule has 0 unspecified atom stereocenters. The summed E-state index contributed by atoms with van der Waals surface area (Å²) in [5.41, 5.74) is 1.15. The van der Waals surface area contributed by atoms with Crippen LogP contribution in [0.5, 0.6) is 0 Å². The Morgan fingerprint density at radius 1 is 1.11 bits per heavy atom. The lowest BCUT2D eigenvalue weighted by atomic mass is 10.1. The molecule has 0 atom stereocenters. The summed E-state index contributed by atoms with van der Waals surface area (Å²) < 4.78 is 15.3. The molecule has 98 valence electrons. The molecule has 1 fully saturated rings. The van der Waals surface area contributed by atoms with Gasteiger partial charge in [-0.1, -0.05) is 0 Å². The van der Waals surface area contributed by atoms with Crippen molar-refractivity contribution in [3.05, 3.63) is 54.1 Å². The number of nitrogens with zero attached hydrogens (tertiary/aromatic N) is 2. The van der Waals surface area contributed by atoms with E-state index in [1.165, 1.54) is 12.1 Å². The predicted octanol–water partition coefficient (Wildman–Crippen LogP) is 2.85. The van der Waals surface area contributed by atoms with Gasteiger partial charge in [-0.05, 0) is 43.2 Å². The molecule has 1 aromatic heterocycles. The maximum Gasteiger partial charge on any atom is 0.256 e. The number of likely N-dealkylation sites (tertiary alicyclic amines) is 1. The van der Waals surface area contributed by atoms with E-state index in [4.69, 9.17) is 0 Å². The first-order valence-electron chi connectivity index (χ1n) is 6.48. The molecule has 0 saturated carbocycles. The minimum absolute atomic E-state index is 0.0827. The van der Waals surface area contributed by atoms with E-state index >= 15 is 0 Å². The summed E-state index contributed by atoms with van der Waals surface area (Å²) in [4.78, 5) is 14.3. The van der Waals surface area contributed by atoms with Gasteiger partial charge in [0, 0.05) is 25.5 Å². The van der Waals surface area contributed by atoms with E-state index in [2.05, 4.69) is 0 Å². The molecule has 0 N–H and O–H groups in total. The molecule has 0 spiro atoms. The van der Waals surface area contributed by atoms with Crippen LogP contribution in [0.25, 0.3) is 5.69 Å². The van der Waals surface area contributed by atoms with E-state index < -0.39 is 0 Å². The van der Waals surface area contributed by atoms with Gasteiger partial charge in [0.05, 0.1) is 11.3 Å². The fourth-order valence-electron chi connectivity index (χ4n) is 2.49. The van der Waals surface area contributed by atoms with E-state index in [0.717, 1.165) is 31.6 Å². The van der Waals surface area contributed by atoms with Crippen molar-refractivity contribution >= 4 is 5.91 Å². The highest BCUT2D eigenvalue weighted by Gasteiger charge is 2.22. The van der Waals surface area contributed by atoms with Gasteiger partial charge in [0.1, 0.15) is 5.82 Å². The molecule has 3 rings (SSSR count). The van der Waals surface area contributed by atoms with Crippen molar-refractivity contribution in [1.82, 2.24) is 9.47 Å². The molecule has 1 amide bonds. The summed E-state index contributed by atoms with van der Waals surface area (Å²) in [7, 11) is 0. The molecule has 1 aliphatic heterocycles. The van der Waals surface area contributed by atoms with Gasteiger partial charge < -0.3 is 9.47 Å². The van der Waals surface area contributed by atoms with Crippen LogP contribution in [-0.4, -0.2) is 28.5 Å². The minimum Gasteiger partial charge on any atom is -0.339 e. The Kier molecular flexibility index (Phi) is 3.07. The zero-order valence-electron chi connectivity index (χ0n) is 10.6. The van der Waals surface area contributed by atoms with E-state index in [0.29, 0.717) is 5.56 Å². The average Bonchev–Trinajstić information content (AvgIpc) is 3.11. The van der Waals surface area contributed by atoms with E-state index in [1.54, 1.807) is 11.0 Å². The van der Waals surface area contributed by atoms with Crippen LogP contribution >= 0.6 is 0 Å². The van der Waals surface area contributed by atoms with Crippen molar-refractivity contribution in [2.75, 3.05) is 13.1 Å². The smallest absolute Gasteiger partial charge is 0.256 e. The average molecular weight is 258 g/mol. The third-order valence-corrected chi connectivity index (χ3v) is 3.46.